The molecular weight excluding hydrogens is 279 g/mol. The molecule has 3 aromatic rings. The van der Waals surface area contributed by atoms with Crippen LogP contribution in [0.2, 0.25) is 0 Å². The van der Waals surface area contributed by atoms with E-state index in [0.29, 0.717) is 5.56 Å². The number of nitrogens with zero attached hydrogens (tertiary/aromatic N) is 2. The number of imidazole rings is 1. The molecular formula is C15H12F3N3. The molecule has 0 bridgehead atoms. The molecule has 0 spiro atoms. The second-order valence-electron chi connectivity index (χ2n) is 4.83. The standard InChI is InChI=1S/C15H12F3N3/c1-8(9-3-2-4-10(16)5-9)21-13-7-11(17)6-12(18)14(13)20-15(21)19/h2-8H,1H3,(H2,19,20). The van der Waals surface area contributed by atoms with Crippen LogP contribution >= 0.6 is 0 Å². The number of benzene rings is 2. The van der Waals surface area contributed by atoms with E-state index in [2.05, 4.69) is 4.98 Å². The highest BCUT2D eigenvalue weighted by Crippen LogP contribution is 2.29. The van der Waals surface area contributed by atoms with Gasteiger partial charge in [0.1, 0.15) is 17.2 Å². The Morgan fingerprint density at radius 3 is 2.57 bits per heavy atom. The van der Waals surface area contributed by atoms with Crippen LogP contribution in [-0.2, 0) is 0 Å². The molecule has 0 amide bonds. The molecule has 6 heteroatoms. The zero-order valence-corrected chi connectivity index (χ0v) is 11.1. The molecule has 3 nitrogen and oxygen atoms in total. The molecule has 0 aliphatic heterocycles. The van der Waals surface area contributed by atoms with Crippen molar-refractivity contribution in [2.75, 3.05) is 5.73 Å². The number of aromatic nitrogens is 2. The molecule has 0 saturated heterocycles. The van der Waals surface area contributed by atoms with Gasteiger partial charge in [0, 0.05) is 12.1 Å². The highest BCUT2D eigenvalue weighted by atomic mass is 19.1. The molecule has 0 radical (unpaired) electrons. The van der Waals surface area contributed by atoms with Gasteiger partial charge in [-0.15, -0.1) is 0 Å². The predicted octanol–water partition coefficient (Wildman–Crippen LogP) is 3.65. The monoisotopic (exact) mass is 291 g/mol. The van der Waals surface area contributed by atoms with Crippen molar-refractivity contribution in [2.24, 2.45) is 0 Å². The second kappa shape index (κ2) is 4.80. The Morgan fingerprint density at radius 1 is 1.10 bits per heavy atom. The smallest absolute Gasteiger partial charge is 0.201 e. The van der Waals surface area contributed by atoms with Crippen LogP contribution in [0.25, 0.3) is 11.0 Å². The molecule has 1 heterocycles. The number of nitrogens with two attached hydrogens (primary N) is 1. The molecule has 3 rings (SSSR count). The molecule has 1 unspecified atom stereocenters. The summed E-state index contributed by atoms with van der Waals surface area (Å²) in [7, 11) is 0. The first-order valence-corrected chi connectivity index (χ1v) is 6.35. The summed E-state index contributed by atoms with van der Waals surface area (Å²) in [6.45, 7) is 1.76. The summed E-state index contributed by atoms with van der Waals surface area (Å²) >= 11 is 0. The number of anilines is 1. The number of hydrogen-bond acceptors (Lipinski definition) is 2. The lowest BCUT2D eigenvalue weighted by atomic mass is 10.1. The lowest BCUT2D eigenvalue weighted by Crippen LogP contribution is -2.10. The van der Waals surface area contributed by atoms with Crippen LogP contribution in [0.4, 0.5) is 19.1 Å². The molecule has 2 aromatic carbocycles. The second-order valence-corrected chi connectivity index (χ2v) is 4.83. The average molecular weight is 291 g/mol. The van der Waals surface area contributed by atoms with Gasteiger partial charge in [-0.3, -0.25) is 0 Å². The summed E-state index contributed by atoms with van der Waals surface area (Å²) < 4.78 is 42.0. The van der Waals surface area contributed by atoms with Gasteiger partial charge >= 0.3 is 0 Å². The quantitative estimate of drug-likeness (QED) is 0.783. The number of nitrogen functional groups attached to an aromatic ring is 1. The van der Waals surface area contributed by atoms with Crippen molar-refractivity contribution in [2.45, 2.75) is 13.0 Å². The Bertz CT molecular complexity index is 826. The topological polar surface area (TPSA) is 43.8 Å². The third-order valence-electron chi connectivity index (χ3n) is 3.46. The van der Waals surface area contributed by atoms with E-state index < -0.39 is 17.7 Å². The Hall–Kier alpha value is -2.50. The van der Waals surface area contributed by atoms with Gasteiger partial charge in [0.05, 0.1) is 11.6 Å². The van der Waals surface area contributed by atoms with Gasteiger partial charge in [0.15, 0.2) is 5.82 Å². The summed E-state index contributed by atoms with van der Waals surface area (Å²) in [4.78, 5) is 3.93. The molecule has 108 valence electrons. The zero-order chi connectivity index (χ0) is 15.1. The maximum Gasteiger partial charge on any atom is 0.201 e. The molecule has 1 atom stereocenters. The first-order chi connectivity index (χ1) is 9.97. The third-order valence-corrected chi connectivity index (χ3v) is 3.46. The van der Waals surface area contributed by atoms with Crippen LogP contribution in [0.1, 0.15) is 18.5 Å². The van der Waals surface area contributed by atoms with Crippen molar-refractivity contribution >= 4 is 17.0 Å². The molecule has 0 aliphatic carbocycles. The van der Waals surface area contributed by atoms with Gasteiger partial charge < -0.3 is 10.3 Å². The van der Waals surface area contributed by atoms with Crippen molar-refractivity contribution < 1.29 is 13.2 Å². The normalized spacial score (nSPS) is 12.8. The maximum atomic E-state index is 13.7. The van der Waals surface area contributed by atoms with Gasteiger partial charge in [0.25, 0.3) is 0 Å². The first-order valence-electron chi connectivity index (χ1n) is 6.35. The minimum atomic E-state index is -0.776. The fraction of sp³-hybridized carbons (Fsp3) is 0.133. The van der Waals surface area contributed by atoms with Gasteiger partial charge in [0.2, 0.25) is 5.95 Å². The van der Waals surface area contributed by atoms with Gasteiger partial charge in [-0.1, -0.05) is 12.1 Å². The third kappa shape index (κ3) is 2.22. The van der Waals surface area contributed by atoms with E-state index in [1.54, 1.807) is 19.1 Å². The fourth-order valence-corrected chi connectivity index (χ4v) is 2.46. The van der Waals surface area contributed by atoms with Gasteiger partial charge in [-0.05, 0) is 24.6 Å². The number of rotatable bonds is 2. The van der Waals surface area contributed by atoms with Crippen LogP contribution in [0.5, 0.6) is 0 Å². The van der Waals surface area contributed by atoms with Crippen LogP contribution in [-0.4, -0.2) is 9.55 Å². The average Bonchev–Trinajstić information content (AvgIpc) is 2.74. The Kier molecular flexibility index (Phi) is 3.08. The predicted molar refractivity (Wildman–Crippen MR) is 74.3 cm³/mol. The lowest BCUT2D eigenvalue weighted by Gasteiger charge is -2.16. The highest BCUT2D eigenvalue weighted by molar-refractivity contribution is 5.79. The van der Waals surface area contributed by atoms with Crippen molar-refractivity contribution in [3.05, 3.63) is 59.4 Å². The van der Waals surface area contributed by atoms with Crippen LogP contribution in [0.3, 0.4) is 0 Å². The van der Waals surface area contributed by atoms with Crippen molar-refractivity contribution in [3.63, 3.8) is 0 Å². The van der Waals surface area contributed by atoms with Crippen molar-refractivity contribution in [3.8, 4) is 0 Å². The van der Waals surface area contributed by atoms with Crippen LogP contribution < -0.4 is 5.73 Å². The maximum absolute atomic E-state index is 13.7. The Morgan fingerprint density at radius 2 is 1.86 bits per heavy atom. The number of hydrogen-bond donors (Lipinski definition) is 1. The van der Waals surface area contributed by atoms with Crippen LogP contribution in [0.15, 0.2) is 36.4 Å². The summed E-state index contributed by atoms with van der Waals surface area (Å²) in [5, 5.41) is 0. The summed E-state index contributed by atoms with van der Waals surface area (Å²) in [5.41, 5.74) is 6.68. The number of halogens is 3. The summed E-state index contributed by atoms with van der Waals surface area (Å²) in [6.07, 6.45) is 0. The van der Waals surface area contributed by atoms with Gasteiger partial charge in [-0.2, -0.15) is 0 Å². The van der Waals surface area contributed by atoms with Crippen molar-refractivity contribution in [1.29, 1.82) is 0 Å². The fourth-order valence-electron chi connectivity index (χ4n) is 2.46. The minimum Gasteiger partial charge on any atom is -0.369 e. The van der Waals surface area contributed by atoms with Crippen molar-refractivity contribution in [1.82, 2.24) is 9.55 Å². The molecule has 0 fully saturated rings. The van der Waals surface area contributed by atoms with E-state index in [4.69, 9.17) is 5.73 Å². The van der Waals surface area contributed by atoms with E-state index in [1.165, 1.54) is 16.7 Å². The van der Waals surface area contributed by atoms with E-state index in [0.717, 1.165) is 12.1 Å². The van der Waals surface area contributed by atoms with E-state index in [9.17, 15) is 13.2 Å². The lowest BCUT2D eigenvalue weighted by molar-refractivity contribution is 0.588. The molecule has 0 saturated carbocycles. The van der Waals surface area contributed by atoms with E-state index in [1.807, 2.05) is 0 Å². The number of fused-ring (bicyclic) bond motifs is 1. The Balaban J connectivity index is 2.22. The first kappa shape index (κ1) is 13.5. The SMILES string of the molecule is CC(c1cccc(F)c1)n1c(N)nc2c(F)cc(F)cc21. The molecule has 0 aliphatic rings. The largest absolute Gasteiger partial charge is 0.369 e. The Labute approximate surface area is 118 Å². The van der Waals surface area contributed by atoms with E-state index in [-0.39, 0.29) is 22.8 Å². The molecule has 1 aromatic heterocycles. The van der Waals surface area contributed by atoms with Crippen LogP contribution in [0, 0.1) is 17.5 Å². The zero-order valence-electron chi connectivity index (χ0n) is 11.1. The minimum absolute atomic E-state index is 0.00264. The highest BCUT2D eigenvalue weighted by Gasteiger charge is 2.19. The summed E-state index contributed by atoms with van der Waals surface area (Å²) in [5.74, 6) is -1.83. The molecule has 2 N–H and O–H groups in total. The van der Waals surface area contributed by atoms with E-state index >= 15 is 0 Å². The molecule has 21 heavy (non-hydrogen) atoms. The summed E-state index contributed by atoms with van der Waals surface area (Å²) in [6, 6.07) is 7.47. The van der Waals surface area contributed by atoms with Gasteiger partial charge in [-0.25, -0.2) is 18.2 Å².